The fraction of sp³-hybridized carbons (Fsp3) is 0.125. The summed E-state index contributed by atoms with van der Waals surface area (Å²) in [4.78, 5) is 10.4. The van der Waals surface area contributed by atoms with Crippen LogP contribution >= 0.6 is 27.5 Å². The highest BCUT2D eigenvalue weighted by molar-refractivity contribution is 9.10. The summed E-state index contributed by atoms with van der Waals surface area (Å²) in [5.74, 6) is -1.32. The van der Waals surface area contributed by atoms with Crippen molar-refractivity contribution in [2.45, 2.75) is 6.10 Å². The van der Waals surface area contributed by atoms with E-state index in [4.69, 9.17) is 16.7 Å². The molecule has 1 atom stereocenters. The minimum atomic E-state index is -1.57. The molecule has 0 aromatic heterocycles. The maximum atomic E-state index is 10.4. The molecule has 5 heteroatoms. The van der Waals surface area contributed by atoms with Crippen molar-refractivity contribution in [3.05, 3.63) is 33.3 Å². The zero-order chi connectivity index (χ0) is 10.0. The summed E-state index contributed by atoms with van der Waals surface area (Å²) < 4.78 is 0.735. The van der Waals surface area contributed by atoms with Gasteiger partial charge in [0.25, 0.3) is 0 Å². The van der Waals surface area contributed by atoms with E-state index in [1.807, 2.05) is 0 Å². The van der Waals surface area contributed by atoms with E-state index in [1.54, 1.807) is 6.07 Å². The Labute approximate surface area is 88.1 Å². The first-order valence-corrected chi connectivity index (χ1v) is 4.55. The van der Waals surface area contributed by atoms with Crippen molar-refractivity contribution in [1.82, 2.24) is 0 Å². The summed E-state index contributed by atoms with van der Waals surface area (Å²) in [6.07, 6.45) is -1.57. The average molecular weight is 265 g/mol. The van der Waals surface area contributed by atoms with E-state index >= 15 is 0 Å². The predicted octanol–water partition coefficient (Wildman–Crippen LogP) is 2.22. The summed E-state index contributed by atoms with van der Waals surface area (Å²) in [5, 5.41) is 17.9. The zero-order valence-corrected chi connectivity index (χ0v) is 8.71. The van der Waals surface area contributed by atoms with Crippen molar-refractivity contribution in [3.8, 4) is 0 Å². The number of rotatable bonds is 2. The molecular formula is C8H6BrClO3. The summed E-state index contributed by atoms with van der Waals surface area (Å²) in [6.45, 7) is 0. The standard InChI is InChI=1S/C8H6BrClO3/c9-4-1-2-5(6(10)3-4)7(11)8(12)13/h1-3,7,11H,(H,12,13)/t7-/m1/s1. The van der Waals surface area contributed by atoms with Gasteiger partial charge in [0.05, 0.1) is 0 Å². The Hall–Kier alpha value is -0.580. The van der Waals surface area contributed by atoms with Gasteiger partial charge < -0.3 is 10.2 Å². The molecule has 0 aliphatic heterocycles. The van der Waals surface area contributed by atoms with Crippen LogP contribution in [-0.2, 0) is 4.79 Å². The lowest BCUT2D eigenvalue weighted by atomic mass is 10.1. The number of hydrogen-bond acceptors (Lipinski definition) is 2. The highest BCUT2D eigenvalue weighted by atomic mass is 79.9. The summed E-state index contributed by atoms with van der Waals surface area (Å²) in [5.41, 5.74) is 0.192. The summed E-state index contributed by atoms with van der Waals surface area (Å²) in [6, 6.07) is 4.61. The summed E-state index contributed by atoms with van der Waals surface area (Å²) in [7, 11) is 0. The Morgan fingerprint density at radius 3 is 2.62 bits per heavy atom. The molecule has 13 heavy (non-hydrogen) atoms. The number of carboxylic acid groups (broad SMARTS) is 1. The van der Waals surface area contributed by atoms with Crippen LogP contribution in [0.2, 0.25) is 5.02 Å². The Morgan fingerprint density at radius 2 is 2.15 bits per heavy atom. The maximum Gasteiger partial charge on any atom is 0.337 e. The lowest BCUT2D eigenvalue weighted by molar-refractivity contribution is -0.146. The second kappa shape index (κ2) is 4.09. The molecule has 0 spiro atoms. The average Bonchev–Trinajstić information content (AvgIpc) is 2.03. The number of aliphatic hydroxyl groups excluding tert-OH is 1. The first-order valence-electron chi connectivity index (χ1n) is 3.38. The van der Waals surface area contributed by atoms with Crippen LogP contribution < -0.4 is 0 Å². The second-order valence-corrected chi connectivity index (χ2v) is 3.73. The number of benzene rings is 1. The van der Waals surface area contributed by atoms with E-state index in [0.717, 1.165) is 4.47 Å². The van der Waals surface area contributed by atoms with Gasteiger partial charge in [0.1, 0.15) is 0 Å². The first kappa shape index (κ1) is 10.5. The Balaban J connectivity index is 3.08. The molecule has 1 aromatic carbocycles. The summed E-state index contributed by atoms with van der Waals surface area (Å²) >= 11 is 8.88. The van der Waals surface area contributed by atoms with Gasteiger partial charge >= 0.3 is 5.97 Å². The monoisotopic (exact) mass is 264 g/mol. The fourth-order valence-electron chi connectivity index (χ4n) is 0.856. The first-order chi connectivity index (χ1) is 6.02. The molecule has 0 aliphatic rings. The minimum Gasteiger partial charge on any atom is -0.479 e. The van der Waals surface area contributed by atoms with Crippen molar-refractivity contribution < 1.29 is 15.0 Å². The fourth-order valence-corrected chi connectivity index (χ4v) is 1.63. The molecule has 0 amide bonds. The van der Waals surface area contributed by atoms with Crippen LogP contribution in [0.1, 0.15) is 11.7 Å². The maximum absolute atomic E-state index is 10.4. The third-order valence-electron chi connectivity index (χ3n) is 1.49. The molecule has 0 saturated heterocycles. The molecule has 0 aliphatic carbocycles. The number of aliphatic carboxylic acids is 1. The SMILES string of the molecule is O=C(O)[C@H](O)c1ccc(Br)cc1Cl. The van der Waals surface area contributed by atoms with E-state index in [-0.39, 0.29) is 10.6 Å². The van der Waals surface area contributed by atoms with Crippen LogP contribution in [0.4, 0.5) is 0 Å². The highest BCUT2D eigenvalue weighted by Crippen LogP contribution is 2.26. The molecule has 2 N–H and O–H groups in total. The van der Waals surface area contributed by atoms with Gasteiger partial charge in [-0.2, -0.15) is 0 Å². The molecular weight excluding hydrogens is 259 g/mol. The number of carbonyl (C=O) groups is 1. The topological polar surface area (TPSA) is 57.5 Å². The molecule has 0 fully saturated rings. The van der Waals surface area contributed by atoms with Crippen LogP contribution in [0.25, 0.3) is 0 Å². The van der Waals surface area contributed by atoms with E-state index < -0.39 is 12.1 Å². The van der Waals surface area contributed by atoms with E-state index in [9.17, 15) is 9.90 Å². The molecule has 1 rings (SSSR count). The van der Waals surface area contributed by atoms with Gasteiger partial charge in [-0.05, 0) is 12.1 Å². The molecule has 0 heterocycles. The third-order valence-corrected chi connectivity index (χ3v) is 2.31. The molecule has 3 nitrogen and oxygen atoms in total. The largest absolute Gasteiger partial charge is 0.479 e. The van der Waals surface area contributed by atoms with E-state index in [1.165, 1.54) is 12.1 Å². The number of carboxylic acids is 1. The van der Waals surface area contributed by atoms with Crippen LogP contribution in [0.3, 0.4) is 0 Å². The van der Waals surface area contributed by atoms with Crippen LogP contribution in [0, 0.1) is 0 Å². The smallest absolute Gasteiger partial charge is 0.337 e. The number of halogens is 2. The Bertz CT molecular complexity index is 340. The van der Waals surface area contributed by atoms with Crippen molar-refractivity contribution >= 4 is 33.5 Å². The van der Waals surface area contributed by atoms with E-state index in [2.05, 4.69) is 15.9 Å². The lowest BCUT2D eigenvalue weighted by Gasteiger charge is -2.07. The molecule has 1 aromatic rings. The Morgan fingerprint density at radius 1 is 1.54 bits per heavy atom. The Kier molecular flexibility index (Phi) is 3.30. The van der Waals surface area contributed by atoms with Crippen molar-refractivity contribution in [2.24, 2.45) is 0 Å². The lowest BCUT2D eigenvalue weighted by Crippen LogP contribution is -2.10. The van der Waals surface area contributed by atoms with Gasteiger partial charge in [-0.15, -0.1) is 0 Å². The minimum absolute atomic E-state index is 0.192. The van der Waals surface area contributed by atoms with Crippen molar-refractivity contribution in [1.29, 1.82) is 0 Å². The predicted molar refractivity (Wildman–Crippen MR) is 51.7 cm³/mol. The van der Waals surface area contributed by atoms with Gasteiger partial charge in [-0.25, -0.2) is 4.79 Å². The van der Waals surface area contributed by atoms with Crippen LogP contribution in [0.5, 0.6) is 0 Å². The van der Waals surface area contributed by atoms with E-state index in [0.29, 0.717) is 0 Å². The quantitative estimate of drug-likeness (QED) is 0.862. The van der Waals surface area contributed by atoms with Gasteiger partial charge in [-0.3, -0.25) is 0 Å². The van der Waals surface area contributed by atoms with Crippen molar-refractivity contribution in [3.63, 3.8) is 0 Å². The molecule has 0 bridgehead atoms. The highest BCUT2D eigenvalue weighted by Gasteiger charge is 2.18. The van der Waals surface area contributed by atoms with Crippen LogP contribution in [-0.4, -0.2) is 16.2 Å². The van der Waals surface area contributed by atoms with Gasteiger partial charge in [0.2, 0.25) is 0 Å². The zero-order valence-electron chi connectivity index (χ0n) is 6.37. The molecule has 70 valence electrons. The van der Waals surface area contributed by atoms with Gasteiger partial charge in [0.15, 0.2) is 6.10 Å². The number of hydrogen-bond donors (Lipinski definition) is 2. The normalized spacial score (nSPS) is 12.5. The van der Waals surface area contributed by atoms with Crippen LogP contribution in [0.15, 0.2) is 22.7 Å². The molecule has 0 radical (unpaired) electrons. The molecule has 0 saturated carbocycles. The molecule has 0 unspecified atom stereocenters. The third kappa shape index (κ3) is 2.43. The van der Waals surface area contributed by atoms with Gasteiger partial charge in [0, 0.05) is 15.1 Å². The van der Waals surface area contributed by atoms with Crippen molar-refractivity contribution in [2.75, 3.05) is 0 Å². The van der Waals surface area contributed by atoms with Gasteiger partial charge in [-0.1, -0.05) is 33.6 Å². The second-order valence-electron chi connectivity index (χ2n) is 2.41. The number of aliphatic hydroxyl groups is 1.